The fraction of sp³-hybridized carbons (Fsp3) is 0.611. The molecule has 1 aromatic rings. The Bertz CT molecular complexity index is 512. The number of amides is 1. The third-order valence-corrected chi connectivity index (χ3v) is 5.05. The number of benzene rings is 1. The first kappa shape index (κ1) is 15.5. The summed E-state index contributed by atoms with van der Waals surface area (Å²) in [6, 6.07) is 8.13. The van der Waals surface area contributed by atoms with Crippen LogP contribution in [0.1, 0.15) is 48.5 Å². The molecular weight excluding hydrogens is 274 g/mol. The summed E-state index contributed by atoms with van der Waals surface area (Å²) in [5.74, 6) is 0.677. The standard InChI is InChI=1S/C18H27N3O/c1-14(2)15-3-5-16(6-4-15)17(22)21-12-11-20-18(13-21)7-9-19-10-8-18/h3-6,14,19-20H,7-13H2,1-2H3. The van der Waals surface area contributed by atoms with Gasteiger partial charge in [0.15, 0.2) is 0 Å². The lowest BCUT2D eigenvalue weighted by Gasteiger charge is -2.46. The maximum atomic E-state index is 12.8. The third-order valence-electron chi connectivity index (χ3n) is 5.05. The van der Waals surface area contributed by atoms with E-state index in [-0.39, 0.29) is 11.4 Å². The van der Waals surface area contributed by atoms with Crippen LogP contribution in [0.25, 0.3) is 0 Å². The zero-order chi connectivity index (χ0) is 15.6. The van der Waals surface area contributed by atoms with Gasteiger partial charge >= 0.3 is 0 Å². The number of carbonyl (C=O) groups excluding carboxylic acids is 1. The molecule has 0 bridgehead atoms. The predicted octanol–water partition coefficient (Wildman–Crippen LogP) is 1.98. The van der Waals surface area contributed by atoms with Gasteiger partial charge in [0.25, 0.3) is 5.91 Å². The van der Waals surface area contributed by atoms with Crippen molar-refractivity contribution < 1.29 is 4.79 Å². The zero-order valence-corrected chi connectivity index (χ0v) is 13.7. The Kier molecular flexibility index (Phi) is 4.50. The fourth-order valence-electron chi connectivity index (χ4n) is 3.56. The van der Waals surface area contributed by atoms with Crippen molar-refractivity contribution in [3.05, 3.63) is 35.4 Å². The van der Waals surface area contributed by atoms with E-state index in [4.69, 9.17) is 0 Å². The highest BCUT2D eigenvalue weighted by Gasteiger charge is 2.37. The highest BCUT2D eigenvalue weighted by atomic mass is 16.2. The van der Waals surface area contributed by atoms with Crippen LogP contribution in [0.15, 0.2) is 24.3 Å². The molecule has 2 heterocycles. The lowest BCUT2D eigenvalue weighted by Crippen LogP contribution is -2.64. The van der Waals surface area contributed by atoms with Crippen molar-refractivity contribution >= 4 is 5.91 Å². The minimum absolute atomic E-state index is 0.122. The largest absolute Gasteiger partial charge is 0.336 e. The van der Waals surface area contributed by atoms with Crippen molar-refractivity contribution in [1.82, 2.24) is 15.5 Å². The molecule has 2 aliphatic rings. The highest BCUT2D eigenvalue weighted by molar-refractivity contribution is 5.94. The maximum absolute atomic E-state index is 12.8. The van der Waals surface area contributed by atoms with Gasteiger partial charge in [0.1, 0.15) is 0 Å². The Morgan fingerprint density at radius 2 is 1.82 bits per heavy atom. The summed E-state index contributed by atoms with van der Waals surface area (Å²) in [6.07, 6.45) is 2.20. The quantitative estimate of drug-likeness (QED) is 0.878. The summed E-state index contributed by atoms with van der Waals surface area (Å²) in [6.45, 7) is 8.97. The summed E-state index contributed by atoms with van der Waals surface area (Å²) in [7, 11) is 0. The SMILES string of the molecule is CC(C)c1ccc(C(=O)N2CCNC3(CCNCC3)C2)cc1. The highest BCUT2D eigenvalue weighted by Crippen LogP contribution is 2.24. The van der Waals surface area contributed by atoms with Crippen LogP contribution in [0.4, 0.5) is 0 Å². The number of nitrogens with zero attached hydrogens (tertiary/aromatic N) is 1. The Labute approximate surface area is 133 Å². The molecule has 2 fully saturated rings. The Morgan fingerprint density at radius 3 is 2.45 bits per heavy atom. The molecule has 2 N–H and O–H groups in total. The average Bonchev–Trinajstić information content (AvgIpc) is 2.55. The maximum Gasteiger partial charge on any atom is 0.253 e. The number of hydrogen-bond donors (Lipinski definition) is 2. The van der Waals surface area contributed by atoms with Crippen LogP contribution in [0.3, 0.4) is 0 Å². The summed E-state index contributed by atoms with van der Waals surface area (Å²) < 4.78 is 0. The van der Waals surface area contributed by atoms with Gasteiger partial charge in [-0.1, -0.05) is 26.0 Å². The molecule has 0 atom stereocenters. The van der Waals surface area contributed by atoms with Crippen molar-refractivity contribution in [2.75, 3.05) is 32.7 Å². The molecule has 22 heavy (non-hydrogen) atoms. The second-order valence-electron chi connectivity index (χ2n) is 6.96. The van der Waals surface area contributed by atoms with Crippen LogP contribution >= 0.6 is 0 Å². The molecule has 1 spiro atoms. The molecule has 4 heteroatoms. The van der Waals surface area contributed by atoms with E-state index in [9.17, 15) is 4.79 Å². The van der Waals surface area contributed by atoms with E-state index in [0.29, 0.717) is 5.92 Å². The van der Waals surface area contributed by atoms with Crippen LogP contribution in [-0.4, -0.2) is 49.1 Å². The molecule has 0 saturated carbocycles. The lowest BCUT2D eigenvalue weighted by atomic mass is 9.86. The van der Waals surface area contributed by atoms with Gasteiger partial charge in [-0.2, -0.15) is 0 Å². The van der Waals surface area contributed by atoms with E-state index in [0.717, 1.165) is 51.1 Å². The van der Waals surface area contributed by atoms with Crippen LogP contribution in [0.2, 0.25) is 0 Å². The fourth-order valence-corrected chi connectivity index (χ4v) is 3.56. The van der Waals surface area contributed by atoms with E-state index in [1.165, 1.54) is 5.56 Å². The molecule has 0 radical (unpaired) electrons. The molecule has 1 amide bonds. The van der Waals surface area contributed by atoms with Crippen LogP contribution in [0.5, 0.6) is 0 Å². The van der Waals surface area contributed by atoms with E-state index in [2.05, 4.69) is 36.6 Å². The number of hydrogen-bond acceptors (Lipinski definition) is 3. The Morgan fingerprint density at radius 1 is 1.14 bits per heavy atom. The van der Waals surface area contributed by atoms with Gasteiger partial charge in [0.05, 0.1) is 0 Å². The average molecular weight is 301 g/mol. The van der Waals surface area contributed by atoms with Crippen molar-refractivity contribution in [3.8, 4) is 0 Å². The summed E-state index contributed by atoms with van der Waals surface area (Å²) in [5.41, 5.74) is 2.22. The first-order valence-corrected chi connectivity index (χ1v) is 8.45. The minimum Gasteiger partial charge on any atom is -0.336 e. The first-order valence-electron chi connectivity index (χ1n) is 8.45. The van der Waals surface area contributed by atoms with E-state index in [1.807, 2.05) is 17.0 Å². The number of carbonyl (C=O) groups is 1. The van der Waals surface area contributed by atoms with E-state index in [1.54, 1.807) is 0 Å². The molecule has 0 aliphatic carbocycles. The van der Waals surface area contributed by atoms with Gasteiger partial charge < -0.3 is 15.5 Å². The monoisotopic (exact) mass is 301 g/mol. The molecule has 120 valence electrons. The normalized spacial score (nSPS) is 21.3. The second kappa shape index (κ2) is 6.39. The molecule has 2 saturated heterocycles. The Balaban J connectivity index is 1.71. The molecule has 3 rings (SSSR count). The first-order chi connectivity index (χ1) is 10.6. The van der Waals surface area contributed by atoms with Gasteiger partial charge in [0.2, 0.25) is 0 Å². The minimum atomic E-state index is 0.122. The number of piperazine rings is 1. The molecule has 4 nitrogen and oxygen atoms in total. The van der Waals surface area contributed by atoms with Crippen molar-refractivity contribution in [2.24, 2.45) is 0 Å². The van der Waals surface area contributed by atoms with Crippen molar-refractivity contribution in [2.45, 2.75) is 38.1 Å². The van der Waals surface area contributed by atoms with Gasteiger partial charge in [-0.15, -0.1) is 0 Å². The smallest absolute Gasteiger partial charge is 0.253 e. The van der Waals surface area contributed by atoms with Crippen LogP contribution < -0.4 is 10.6 Å². The molecule has 2 aliphatic heterocycles. The molecule has 0 unspecified atom stereocenters. The summed E-state index contributed by atoms with van der Waals surface area (Å²) in [4.78, 5) is 14.8. The molecule has 0 aromatic heterocycles. The number of nitrogens with one attached hydrogen (secondary N) is 2. The lowest BCUT2D eigenvalue weighted by molar-refractivity contribution is 0.0570. The van der Waals surface area contributed by atoms with Crippen LogP contribution in [0, 0.1) is 0 Å². The van der Waals surface area contributed by atoms with Crippen molar-refractivity contribution in [3.63, 3.8) is 0 Å². The molecular formula is C18H27N3O. The summed E-state index contributed by atoms with van der Waals surface area (Å²) >= 11 is 0. The predicted molar refractivity (Wildman–Crippen MR) is 89.3 cm³/mol. The van der Waals surface area contributed by atoms with Gasteiger partial charge in [-0.05, 0) is 49.5 Å². The summed E-state index contributed by atoms with van der Waals surface area (Å²) in [5, 5.41) is 7.07. The van der Waals surface area contributed by atoms with Crippen LogP contribution in [-0.2, 0) is 0 Å². The van der Waals surface area contributed by atoms with Gasteiger partial charge in [-0.25, -0.2) is 0 Å². The topological polar surface area (TPSA) is 44.4 Å². The van der Waals surface area contributed by atoms with Gasteiger partial charge in [0, 0.05) is 30.7 Å². The van der Waals surface area contributed by atoms with E-state index < -0.39 is 0 Å². The van der Waals surface area contributed by atoms with E-state index >= 15 is 0 Å². The third kappa shape index (κ3) is 3.18. The van der Waals surface area contributed by atoms with Crippen molar-refractivity contribution in [1.29, 1.82) is 0 Å². The zero-order valence-electron chi connectivity index (χ0n) is 13.7. The Hall–Kier alpha value is -1.39. The number of rotatable bonds is 2. The number of piperidine rings is 1. The van der Waals surface area contributed by atoms with Gasteiger partial charge in [-0.3, -0.25) is 4.79 Å². The molecule has 1 aromatic carbocycles. The second-order valence-corrected chi connectivity index (χ2v) is 6.96.